The molecule has 0 bridgehead atoms. The Labute approximate surface area is 133 Å². The maximum atomic E-state index is 6.70. The van der Waals surface area contributed by atoms with Gasteiger partial charge in [0.1, 0.15) is 0 Å². The molecule has 0 spiro atoms. The number of likely N-dealkylation sites (tertiary alicyclic amines) is 1. The quantitative estimate of drug-likeness (QED) is 0.873. The number of hydrogen-bond acceptors (Lipinski definition) is 3. The summed E-state index contributed by atoms with van der Waals surface area (Å²) in [6.07, 6.45) is 7.65. The van der Waals surface area contributed by atoms with Crippen molar-refractivity contribution in [3.8, 4) is 0 Å². The minimum Gasteiger partial charge on any atom is -0.321 e. The van der Waals surface area contributed by atoms with Crippen molar-refractivity contribution >= 4 is 11.6 Å². The lowest BCUT2D eigenvalue weighted by Gasteiger charge is -2.46. The highest BCUT2D eigenvalue weighted by molar-refractivity contribution is 6.31. The van der Waals surface area contributed by atoms with E-state index in [1.807, 2.05) is 4.68 Å². The second kappa shape index (κ2) is 7.12. The molecule has 1 aromatic rings. The van der Waals surface area contributed by atoms with Gasteiger partial charge in [-0.15, -0.1) is 0 Å². The molecular formula is C16H29ClN4. The molecule has 2 heterocycles. The van der Waals surface area contributed by atoms with E-state index in [0.717, 1.165) is 38.2 Å². The highest BCUT2D eigenvalue weighted by Crippen LogP contribution is 2.37. The van der Waals surface area contributed by atoms with Gasteiger partial charge in [-0.25, -0.2) is 0 Å². The highest BCUT2D eigenvalue weighted by atomic mass is 35.5. The Morgan fingerprint density at radius 2 is 2.00 bits per heavy atom. The second-order valence-corrected chi connectivity index (χ2v) is 6.74. The van der Waals surface area contributed by atoms with Gasteiger partial charge in [0.25, 0.3) is 0 Å². The van der Waals surface area contributed by atoms with Gasteiger partial charge in [0.05, 0.1) is 23.0 Å². The summed E-state index contributed by atoms with van der Waals surface area (Å²) in [5.74, 6) is 0. The van der Waals surface area contributed by atoms with Crippen LogP contribution in [0.3, 0.4) is 0 Å². The Balaban J connectivity index is 2.30. The second-order valence-electron chi connectivity index (χ2n) is 6.34. The van der Waals surface area contributed by atoms with Crippen molar-refractivity contribution in [1.82, 2.24) is 14.7 Å². The van der Waals surface area contributed by atoms with Crippen LogP contribution in [0.25, 0.3) is 0 Å². The van der Waals surface area contributed by atoms with Crippen LogP contribution in [0.5, 0.6) is 0 Å². The maximum Gasteiger partial charge on any atom is 0.0834 e. The first-order valence-corrected chi connectivity index (χ1v) is 8.64. The van der Waals surface area contributed by atoms with Crippen LogP contribution in [0.4, 0.5) is 0 Å². The zero-order valence-corrected chi connectivity index (χ0v) is 14.4. The number of nitrogens with zero attached hydrogens (tertiary/aromatic N) is 3. The molecule has 0 amide bonds. The van der Waals surface area contributed by atoms with Crippen LogP contribution >= 0.6 is 11.6 Å². The minimum absolute atomic E-state index is 0.0599. The van der Waals surface area contributed by atoms with Crippen LogP contribution in [0.15, 0.2) is 6.20 Å². The van der Waals surface area contributed by atoms with Crippen LogP contribution in [0.1, 0.15) is 64.6 Å². The van der Waals surface area contributed by atoms with E-state index in [-0.39, 0.29) is 11.6 Å². The lowest BCUT2D eigenvalue weighted by Crippen LogP contribution is -2.55. The van der Waals surface area contributed by atoms with E-state index in [1.165, 1.54) is 19.3 Å². The number of piperidine rings is 1. The average molecular weight is 313 g/mol. The third-order valence-electron chi connectivity index (χ3n) is 5.03. The lowest BCUT2D eigenvalue weighted by atomic mass is 9.84. The van der Waals surface area contributed by atoms with Gasteiger partial charge in [0, 0.05) is 12.1 Å². The summed E-state index contributed by atoms with van der Waals surface area (Å²) in [4.78, 5) is 2.56. The van der Waals surface area contributed by atoms with Crippen molar-refractivity contribution in [3.63, 3.8) is 0 Å². The van der Waals surface area contributed by atoms with Crippen LogP contribution in [0.2, 0.25) is 5.02 Å². The Kier molecular flexibility index (Phi) is 5.69. The summed E-state index contributed by atoms with van der Waals surface area (Å²) in [6.45, 7) is 9.80. The number of aryl methyl sites for hydroxylation is 1. The summed E-state index contributed by atoms with van der Waals surface area (Å²) in [6, 6.07) is -0.109. The van der Waals surface area contributed by atoms with Crippen LogP contribution in [-0.2, 0) is 6.54 Å². The molecule has 5 heteroatoms. The predicted molar refractivity (Wildman–Crippen MR) is 88.6 cm³/mol. The zero-order valence-electron chi connectivity index (χ0n) is 13.6. The lowest BCUT2D eigenvalue weighted by molar-refractivity contribution is 0.0518. The van der Waals surface area contributed by atoms with E-state index in [0.29, 0.717) is 5.02 Å². The molecule has 2 rings (SSSR count). The standard InChI is InChI=1S/C16H29ClN4/c1-4-9-21-14(13(17)12-19-21)15(18)16(3,5-2)20-10-7-6-8-11-20/h12,15H,4-11,18H2,1-3H3. The van der Waals surface area contributed by atoms with Gasteiger partial charge in [-0.05, 0) is 45.7 Å². The number of halogens is 1. The number of hydrogen-bond donors (Lipinski definition) is 1. The van der Waals surface area contributed by atoms with Crippen molar-refractivity contribution in [3.05, 3.63) is 16.9 Å². The fourth-order valence-corrected chi connectivity index (χ4v) is 3.67. The molecule has 0 saturated carbocycles. The molecule has 2 unspecified atom stereocenters. The first kappa shape index (κ1) is 16.8. The number of rotatable bonds is 6. The molecule has 2 atom stereocenters. The van der Waals surface area contributed by atoms with E-state index < -0.39 is 0 Å². The molecule has 4 nitrogen and oxygen atoms in total. The van der Waals surface area contributed by atoms with Gasteiger partial charge in [-0.1, -0.05) is 31.9 Å². The van der Waals surface area contributed by atoms with Crippen molar-refractivity contribution in [1.29, 1.82) is 0 Å². The van der Waals surface area contributed by atoms with E-state index >= 15 is 0 Å². The van der Waals surface area contributed by atoms with Crippen molar-refractivity contribution in [2.75, 3.05) is 13.1 Å². The molecule has 0 aliphatic carbocycles. The molecule has 1 aliphatic rings. The molecule has 120 valence electrons. The van der Waals surface area contributed by atoms with E-state index in [9.17, 15) is 0 Å². The van der Waals surface area contributed by atoms with Crippen LogP contribution in [0, 0.1) is 0 Å². The number of aromatic nitrogens is 2. The molecule has 1 saturated heterocycles. The first-order valence-electron chi connectivity index (χ1n) is 8.26. The third-order valence-corrected chi connectivity index (χ3v) is 5.32. The normalized spacial score (nSPS) is 21.2. The van der Waals surface area contributed by atoms with Gasteiger partial charge < -0.3 is 5.73 Å². The predicted octanol–water partition coefficient (Wildman–Crippen LogP) is 3.60. The van der Waals surface area contributed by atoms with Crippen LogP contribution in [-0.4, -0.2) is 33.3 Å². The van der Waals surface area contributed by atoms with Gasteiger partial charge in [0.2, 0.25) is 0 Å². The molecule has 2 N–H and O–H groups in total. The number of nitrogens with two attached hydrogens (primary N) is 1. The summed E-state index contributed by atoms with van der Waals surface area (Å²) < 4.78 is 1.99. The van der Waals surface area contributed by atoms with Gasteiger partial charge in [-0.2, -0.15) is 5.10 Å². The maximum absolute atomic E-state index is 6.70. The van der Waals surface area contributed by atoms with Crippen molar-refractivity contribution < 1.29 is 0 Å². The van der Waals surface area contributed by atoms with Crippen molar-refractivity contribution in [2.45, 2.75) is 71.0 Å². The molecule has 1 aliphatic heterocycles. The topological polar surface area (TPSA) is 47.1 Å². The van der Waals surface area contributed by atoms with Gasteiger partial charge >= 0.3 is 0 Å². The molecule has 1 fully saturated rings. The zero-order chi connectivity index (χ0) is 15.5. The molecule has 0 aromatic carbocycles. The van der Waals surface area contributed by atoms with E-state index in [2.05, 4.69) is 30.8 Å². The SMILES string of the molecule is CCCn1ncc(Cl)c1C(N)C(C)(CC)N1CCCCC1. The van der Waals surface area contributed by atoms with Crippen molar-refractivity contribution in [2.24, 2.45) is 5.73 Å². The summed E-state index contributed by atoms with van der Waals surface area (Å²) in [5, 5.41) is 5.11. The molecule has 0 radical (unpaired) electrons. The third kappa shape index (κ3) is 3.27. The summed E-state index contributed by atoms with van der Waals surface area (Å²) >= 11 is 6.40. The highest BCUT2D eigenvalue weighted by Gasteiger charge is 2.39. The fourth-order valence-electron chi connectivity index (χ4n) is 3.41. The Hall–Kier alpha value is -0.580. The minimum atomic E-state index is -0.109. The molecular weight excluding hydrogens is 284 g/mol. The van der Waals surface area contributed by atoms with E-state index in [4.69, 9.17) is 17.3 Å². The fraction of sp³-hybridized carbons (Fsp3) is 0.812. The Bertz CT molecular complexity index is 453. The smallest absolute Gasteiger partial charge is 0.0834 e. The average Bonchev–Trinajstić information content (AvgIpc) is 2.87. The van der Waals surface area contributed by atoms with Gasteiger partial charge in [-0.3, -0.25) is 9.58 Å². The Morgan fingerprint density at radius 3 is 2.57 bits per heavy atom. The van der Waals surface area contributed by atoms with E-state index in [1.54, 1.807) is 6.20 Å². The first-order chi connectivity index (χ1) is 10.0. The summed E-state index contributed by atoms with van der Waals surface area (Å²) in [5.41, 5.74) is 7.64. The largest absolute Gasteiger partial charge is 0.321 e. The van der Waals surface area contributed by atoms with Gasteiger partial charge in [0.15, 0.2) is 0 Å². The summed E-state index contributed by atoms with van der Waals surface area (Å²) in [7, 11) is 0. The monoisotopic (exact) mass is 312 g/mol. The molecule has 21 heavy (non-hydrogen) atoms. The molecule has 1 aromatic heterocycles. The van der Waals surface area contributed by atoms with Crippen LogP contribution < -0.4 is 5.73 Å². The Morgan fingerprint density at radius 1 is 1.33 bits per heavy atom.